The second-order valence-electron chi connectivity index (χ2n) is 16.7. The van der Waals surface area contributed by atoms with Gasteiger partial charge >= 0.3 is 0 Å². The molecule has 310 valence electrons. The van der Waals surface area contributed by atoms with Crippen molar-refractivity contribution in [3.63, 3.8) is 0 Å². The Morgan fingerprint density at radius 3 is 1.17 bits per heavy atom. The first-order chi connectivity index (χ1) is 32.8. The molecule has 4 heterocycles. The van der Waals surface area contributed by atoms with Crippen LogP contribution in [-0.2, 0) is 0 Å². The first-order valence-electron chi connectivity index (χ1n) is 22.2. The van der Waals surface area contributed by atoms with E-state index in [4.69, 9.17) is 17.7 Å². The summed E-state index contributed by atoms with van der Waals surface area (Å²) in [5.41, 5.74) is 14.1. The quantitative estimate of drug-likeness (QED) is 0.159. The maximum Gasteiger partial charge on any atom is 0.160 e. The van der Waals surface area contributed by atoms with E-state index in [9.17, 15) is 0 Å². The molecule has 14 aromatic rings. The summed E-state index contributed by atoms with van der Waals surface area (Å²) in [5, 5.41) is 8.27. The van der Waals surface area contributed by atoms with Gasteiger partial charge in [0.15, 0.2) is 16.7 Å². The molecule has 0 fully saturated rings. The van der Waals surface area contributed by atoms with Crippen LogP contribution in [-0.4, -0.2) is 0 Å². The van der Waals surface area contributed by atoms with Crippen molar-refractivity contribution in [1.82, 2.24) is 0 Å². The molecule has 0 saturated heterocycles. The van der Waals surface area contributed by atoms with E-state index in [1.54, 1.807) is 0 Å². The van der Waals surface area contributed by atoms with Crippen molar-refractivity contribution in [2.24, 2.45) is 0 Å². The van der Waals surface area contributed by atoms with E-state index >= 15 is 0 Å². The molecule has 0 amide bonds. The summed E-state index contributed by atoms with van der Waals surface area (Å²) < 4.78 is 27.5. The molecule has 0 spiro atoms. The third-order valence-corrected chi connectivity index (χ3v) is 13.1. The summed E-state index contributed by atoms with van der Waals surface area (Å²) in [4.78, 5) is 4.57. The fourth-order valence-corrected chi connectivity index (χ4v) is 10.2. The Hall–Kier alpha value is -9.00. The van der Waals surface area contributed by atoms with Crippen molar-refractivity contribution >= 4 is 122 Å². The minimum absolute atomic E-state index is 0.751. The van der Waals surface area contributed by atoms with Crippen molar-refractivity contribution in [3.05, 3.63) is 218 Å². The lowest BCUT2D eigenvalue weighted by Crippen LogP contribution is -2.11. The topological polar surface area (TPSA) is 59.0 Å². The van der Waals surface area contributed by atoms with Crippen LogP contribution in [0.25, 0.3) is 98.9 Å². The summed E-state index contributed by atoms with van der Waals surface area (Å²) >= 11 is 0. The van der Waals surface area contributed by atoms with Crippen LogP contribution in [0.3, 0.4) is 0 Å². The predicted molar refractivity (Wildman–Crippen MR) is 270 cm³/mol. The number of nitrogens with zero attached hydrogens (tertiary/aromatic N) is 2. The molecule has 0 atom stereocenters. The molecule has 0 radical (unpaired) electrons. The summed E-state index contributed by atoms with van der Waals surface area (Å²) in [5.74, 6) is 0. The number of benzene rings is 10. The smallest absolute Gasteiger partial charge is 0.160 e. The van der Waals surface area contributed by atoms with Gasteiger partial charge in [0, 0.05) is 54.6 Å². The van der Waals surface area contributed by atoms with Gasteiger partial charge < -0.3 is 27.5 Å². The SMILES string of the molecule is c1ccc(N(c2cccc3c2oc2ccccc23)c2ccc(-c3ccc(N(c4ccccc4)c4cccc5c4oc4ccccc45)c4c3oc3ccccc34)c3c2oc2ccccc23)cc1. The van der Waals surface area contributed by atoms with Crippen LogP contribution in [0.15, 0.2) is 236 Å². The summed E-state index contributed by atoms with van der Waals surface area (Å²) in [6, 6.07) is 75.6. The summed E-state index contributed by atoms with van der Waals surface area (Å²) in [6.07, 6.45) is 0. The van der Waals surface area contributed by atoms with Crippen molar-refractivity contribution < 1.29 is 17.7 Å². The van der Waals surface area contributed by atoms with E-state index in [0.717, 1.165) is 133 Å². The molecule has 0 saturated carbocycles. The summed E-state index contributed by atoms with van der Waals surface area (Å²) in [7, 11) is 0. The largest absolute Gasteiger partial charge is 0.455 e. The minimum atomic E-state index is 0.751. The first kappa shape index (κ1) is 36.5. The number of hydrogen-bond donors (Lipinski definition) is 0. The molecule has 6 nitrogen and oxygen atoms in total. The van der Waals surface area contributed by atoms with Crippen LogP contribution in [0.2, 0.25) is 0 Å². The number of rotatable bonds is 7. The Morgan fingerprint density at radius 1 is 0.227 bits per heavy atom. The number of para-hydroxylation sites is 8. The Kier molecular flexibility index (Phi) is 7.88. The van der Waals surface area contributed by atoms with Crippen LogP contribution in [0.5, 0.6) is 0 Å². The van der Waals surface area contributed by atoms with E-state index in [2.05, 4.69) is 180 Å². The molecule has 0 bridgehead atoms. The van der Waals surface area contributed by atoms with Gasteiger partial charge in [0.2, 0.25) is 0 Å². The normalized spacial score (nSPS) is 11.9. The molecular formula is C60H36N2O4. The van der Waals surface area contributed by atoms with Crippen LogP contribution < -0.4 is 9.80 Å². The summed E-state index contributed by atoms with van der Waals surface area (Å²) in [6.45, 7) is 0. The van der Waals surface area contributed by atoms with Gasteiger partial charge in [-0.05, 0) is 84.4 Å². The van der Waals surface area contributed by atoms with Gasteiger partial charge in [-0.2, -0.15) is 0 Å². The number of fused-ring (bicyclic) bond motifs is 12. The van der Waals surface area contributed by atoms with E-state index in [1.165, 1.54) is 0 Å². The van der Waals surface area contributed by atoms with E-state index in [-0.39, 0.29) is 0 Å². The highest BCUT2D eigenvalue weighted by molar-refractivity contribution is 6.23. The fourth-order valence-electron chi connectivity index (χ4n) is 10.2. The zero-order valence-corrected chi connectivity index (χ0v) is 35.3. The Labute approximate surface area is 377 Å². The molecule has 0 aliphatic carbocycles. The van der Waals surface area contributed by atoms with Gasteiger partial charge in [0.25, 0.3) is 0 Å². The van der Waals surface area contributed by atoms with Crippen LogP contribution in [0, 0.1) is 0 Å². The maximum atomic E-state index is 7.06. The molecule has 4 aromatic heterocycles. The Balaban J connectivity index is 1.04. The van der Waals surface area contributed by atoms with Crippen molar-refractivity contribution in [2.45, 2.75) is 0 Å². The van der Waals surface area contributed by atoms with Crippen molar-refractivity contribution in [3.8, 4) is 11.1 Å². The van der Waals surface area contributed by atoms with Gasteiger partial charge in [0.1, 0.15) is 27.9 Å². The van der Waals surface area contributed by atoms with E-state index in [1.807, 2.05) is 48.5 Å². The second kappa shape index (κ2) is 14.3. The lowest BCUT2D eigenvalue weighted by atomic mass is 9.95. The average Bonchev–Trinajstić information content (AvgIpc) is 4.16. The van der Waals surface area contributed by atoms with Gasteiger partial charge in [-0.15, -0.1) is 0 Å². The lowest BCUT2D eigenvalue weighted by Gasteiger charge is -2.27. The fraction of sp³-hybridized carbons (Fsp3) is 0. The van der Waals surface area contributed by atoms with E-state index < -0.39 is 0 Å². The Bertz CT molecular complexity index is 4200. The minimum Gasteiger partial charge on any atom is -0.455 e. The second-order valence-corrected chi connectivity index (χ2v) is 16.7. The lowest BCUT2D eigenvalue weighted by molar-refractivity contribution is 0.666. The van der Waals surface area contributed by atoms with Crippen molar-refractivity contribution in [1.29, 1.82) is 0 Å². The van der Waals surface area contributed by atoms with Crippen molar-refractivity contribution in [2.75, 3.05) is 9.80 Å². The Morgan fingerprint density at radius 2 is 0.606 bits per heavy atom. The molecule has 14 rings (SSSR count). The van der Waals surface area contributed by atoms with E-state index in [0.29, 0.717) is 0 Å². The number of hydrogen-bond acceptors (Lipinski definition) is 6. The average molecular weight is 849 g/mol. The molecule has 0 N–H and O–H groups in total. The third kappa shape index (κ3) is 5.36. The van der Waals surface area contributed by atoms with Gasteiger partial charge in [-0.1, -0.05) is 140 Å². The first-order valence-corrected chi connectivity index (χ1v) is 22.2. The maximum absolute atomic E-state index is 7.06. The van der Waals surface area contributed by atoms with Gasteiger partial charge in [-0.25, -0.2) is 0 Å². The standard InChI is InChI=1S/C60H36N2O4/c1-3-17-37(18-4-1)61(48-27-15-25-42-39-21-7-11-29-51(39)63-57(42)48)47-35-34-44(59-56(47)46-24-10-14-32-54(46)65-59)41-33-36-50(60-55(41)45-23-9-13-31-53(45)66-60)62(38-19-5-2-6-20-38)49-28-16-26-43-40-22-8-12-30-52(40)64-58(43)49/h1-36H. The van der Waals surface area contributed by atoms with Crippen LogP contribution in [0.1, 0.15) is 0 Å². The molecule has 0 aliphatic rings. The monoisotopic (exact) mass is 848 g/mol. The zero-order valence-electron chi connectivity index (χ0n) is 35.3. The molecular weight excluding hydrogens is 813 g/mol. The molecule has 0 unspecified atom stereocenters. The highest BCUT2D eigenvalue weighted by Gasteiger charge is 2.28. The zero-order chi connectivity index (χ0) is 43.3. The highest BCUT2D eigenvalue weighted by Crippen LogP contribution is 2.52. The highest BCUT2D eigenvalue weighted by atomic mass is 16.3. The predicted octanol–water partition coefficient (Wildman–Crippen LogP) is 17.9. The van der Waals surface area contributed by atoms with Gasteiger partial charge in [-0.3, -0.25) is 0 Å². The van der Waals surface area contributed by atoms with Gasteiger partial charge in [0.05, 0.1) is 28.1 Å². The van der Waals surface area contributed by atoms with Crippen LogP contribution >= 0.6 is 0 Å². The molecule has 0 aliphatic heterocycles. The van der Waals surface area contributed by atoms with Crippen LogP contribution in [0.4, 0.5) is 34.1 Å². The number of anilines is 6. The molecule has 10 aromatic carbocycles. The number of furan rings is 4. The molecule has 66 heavy (non-hydrogen) atoms. The molecule has 6 heteroatoms. The third-order valence-electron chi connectivity index (χ3n) is 13.1.